The van der Waals surface area contributed by atoms with E-state index in [2.05, 4.69) is 0 Å². The first-order valence-corrected chi connectivity index (χ1v) is 5.72. The average molecular weight is 205 g/mol. The Labute approximate surface area is 89.1 Å². The van der Waals surface area contributed by atoms with E-state index in [4.69, 9.17) is 0 Å². The molecule has 0 aromatic heterocycles. The van der Waals surface area contributed by atoms with E-state index >= 15 is 0 Å². The zero-order chi connectivity index (χ0) is 10.5. The van der Waals surface area contributed by atoms with Crippen molar-refractivity contribution >= 4 is 11.8 Å². The van der Waals surface area contributed by atoms with Crippen LogP contribution in [0.1, 0.15) is 32.1 Å². The second-order valence-corrected chi connectivity index (χ2v) is 5.24. The summed E-state index contributed by atoms with van der Waals surface area (Å²) in [5.74, 6) is 0.625. The third kappa shape index (κ3) is 1.33. The van der Waals surface area contributed by atoms with Crippen LogP contribution in [0.3, 0.4) is 0 Å². The topological polar surface area (TPSA) is 37.4 Å². The minimum Gasteiger partial charge on any atom is -0.275 e. The van der Waals surface area contributed by atoms with Gasteiger partial charge < -0.3 is 0 Å². The highest BCUT2D eigenvalue weighted by Gasteiger charge is 2.47. The quantitative estimate of drug-likeness (QED) is 0.640. The van der Waals surface area contributed by atoms with Crippen LogP contribution in [0.4, 0.5) is 0 Å². The largest absolute Gasteiger partial charge is 0.275 e. The van der Waals surface area contributed by atoms with Gasteiger partial charge in [0.25, 0.3) is 11.8 Å². The number of imide groups is 1. The standard InChI is InChI=1S/C12H15NO2/c14-10-1-2-11(15)13(10)8-12-5-3-9(7-12)4-6-12/h1-2,9H,3-8H2. The molecule has 0 N–H and O–H groups in total. The van der Waals surface area contributed by atoms with Crippen molar-refractivity contribution in [3.05, 3.63) is 12.2 Å². The van der Waals surface area contributed by atoms with E-state index in [1.807, 2.05) is 0 Å². The van der Waals surface area contributed by atoms with Crippen molar-refractivity contribution in [3.8, 4) is 0 Å². The van der Waals surface area contributed by atoms with Crippen LogP contribution in [0.5, 0.6) is 0 Å². The molecule has 2 saturated carbocycles. The third-order valence-corrected chi connectivity index (χ3v) is 4.28. The van der Waals surface area contributed by atoms with E-state index in [1.165, 1.54) is 49.2 Å². The van der Waals surface area contributed by atoms with Crippen LogP contribution in [0.25, 0.3) is 0 Å². The minimum absolute atomic E-state index is 0.121. The fourth-order valence-corrected chi connectivity index (χ4v) is 3.46. The minimum atomic E-state index is -0.121. The molecule has 15 heavy (non-hydrogen) atoms. The highest BCUT2D eigenvalue weighted by Crippen LogP contribution is 2.54. The van der Waals surface area contributed by atoms with Gasteiger partial charge in [-0.15, -0.1) is 0 Å². The summed E-state index contributed by atoms with van der Waals surface area (Å²) in [5.41, 5.74) is 0.280. The molecule has 1 heterocycles. The van der Waals surface area contributed by atoms with Crippen molar-refractivity contribution in [2.45, 2.75) is 32.1 Å². The van der Waals surface area contributed by atoms with E-state index in [-0.39, 0.29) is 17.2 Å². The Morgan fingerprint density at radius 3 is 2.27 bits per heavy atom. The number of hydrogen-bond donors (Lipinski definition) is 0. The van der Waals surface area contributed by atoms with Gasteiger partial charge in [-0.25, -0.2) is 0 Å². The normalized spacial score (nSPS) is 38.4. The Hall–Kier alpha value is -1.12. The zero-order valence-corrected chi connectivity index (χ0v) is 8.74. The number of fused-ring (bicyclic) bond motifs is 2. The van der Waals surface area contributed by atoms with Gasteiger partial charge in [0.05, 0.1) is 0 Å². The van der Waals surface area contributed by atoms with Crippen LogP contribution in [0.15, 0.2) is 12.2 Å². The zero-order valence-electron chi connectivity index (χ0n) is 8.74. The summed E-state index contributed by atoms with van der Waals surface area (Å²) in [6.07, 6.45) is 9.00. The van der Waals surface area contributed by atoms with Crippen molar-refractivity contribution in [2.24, 2.45) is 11.3 Å². The molecule has 3 rings (SSSR count). The predicted molar refractivity (Wildman–Crippen MR) is 54.9 cm³/mol. The van der Waals surface area contributed by atoms with E-state index in [9.17, 15) is 9.59 Å². The van der Waals surface area contributed by atoms with Crippen LogP contribution >= 0.6 is 0 Å². The maximum atomic E-state index is 11.5. The van der Waals surface area contributed by atoms with Crippen molar-refractivity contribution < 1.29 is 9.59 Å². The molecule has 3 nitrogen and oxygen atoms in total. The molecule has 0 saturated heterocycles. The summed E-state index contributed by atoms with van der Waals surface area (Å²) in [7, 11) is 0. The molecule has 2 fully saturated rings. The fourth-order valence-electron chi connectivity index (χ4n) is 3.46. The average Bonchev–Trinajstić information content (AvgIpc) is 2.88. The van der Waals surface area contributed by atoms with Gasteiger partial charge in [0.2, 0.25) is 0 Å². The second-order valence-electron chi connectivity index (χ2n) is 5.24. The lowest BCUT2D eigenvalue weighted by Gasteiger charge is -2.30. The lowest BCUT2D eigenvalue weighted by molar-refractivity contribution is -0.138. The van der Waals surface area contributed by atoms with E-state index < -0.39 is 0 Å². The third-order valence-electron chi connectivity index (χ3n) is 4.28. The second kappa shape index (κ2) is 2.94. The van der Waals surface area contributed by atoms with Gasteiger partial charge in [0.1, 0.15) is 0 Å². The lowest BCUT2D eigenvalue weighted by atomic mass is 9.84. The maximum Gasteiger partial charge on any atom is 0.253 e. The van der Waals surface area contributed by atoms with Gasteiger partial charge in [-0.1, -0.05) is 0 Å². The first kappa shape index (κ1) is 9.13. The first-order chi connectivity index (χ1) is 7.19. The summed E-state index contributed by atoms with van der Waals surface area (Å²) >= 11 is 0. The van der Waals surface area contributed by atoms with E-state index in [0.717, 1.165) is 5.92 Å². The van der Waals surface area contributed by atoms with Gasteiger partial charge in [-0.3, -0.25) is 14.5 Å². The molecule has 2 amide bonds. The summed E-state index contributed by atoms with van der Waals surface area (Å²) in [6, 6.07) is 0. The van der Waals surface area contributed by atoms with Crippen LogP contribution in [-0.2, 0) is 9.59 Å². The summed E-state index contributed by atoms with van der Waals surface area (Å²) in [4.78, 5) is 24.3. The molecular weight excluding hydrogens is 190 g/mol. The highest BCUT2D eigenvalue weighted by molar-refractivity contribution is 6.12. The number of nitrogens with zero attached hydrogens (tertiary/aromatic N) is 1. The molecule has 3 heteroatoms. The number of amides is 2. The number of carbonyl (C=O) groups is 2. The van der Waals surface area contributed by atoms with Crippen LogP contribution < -0.4 is 0 Å². The van der Waals surface area contributed by atoms with Crippen molar-refractivity contribution in [3.63, 3.8) is 0 Å². The molecule has 0 radical (unpaired) electrons. The first-order valence-electron chi connectivity index (χ1n) is 5.72. The molecule has 0 spiro atoms. The molecule has 2 bridgehead atoms. The molecule has 0 atom stereocenters. The molecule has 0 aromatic rings. The van der Waals surface area contributed by atoms with Crippen LogP contribution in [0, 0.1) is 11.3 Å². The fraction of sp³-hybridized carbons (Fsp3) is 0.667. The van der Waals surface area contributed by atoms with Crippen LogP contribution in [0.2, 0.25) is 0 Å². The van der Waals surface area contributed by atoms with Gasteiger partial charge in [-0.2, -0.15) is 0 Å². The van der Waals surface area contributed by atoms with Crippen LogP contribution in [-0.4, -0.2) is 23.3 Å². The Balaban J connectivity index is 1.75. The Kier molecular flexibility index (Phi) is 1.79. The van der Waals surface area contributed by atoms with Gasteiger partial charge in [0, 0.05) is 18.7 Å². The summed E-state index contributed by atoms with van der Waals surface area (Å²) in [6.45, 7) is 0.661. The maximum absolute atomic E-state index is 11.5. The van der Waals surface area contributed by atoms with E-state index in [1.54, 1.807) is 0 Å². The van der Waals surface area contributed by atoms with Gasteiger partial charge >= 0.3 is 0 Å². The van der Waals surface area contributed by atoms with E-state index in [0.29, 0.717) is 6.54 Å². The molecule has 80 valence electrons. The monoisotopic (exact) mass is 205 g/mol. The van der Waals surface area contributed by atoms with Gasteiger partial charge in [-0.05, 0) is 43.4 Å². The van der Waals surface area contributed by atoms with Crippen molar-refractivity contribution in [2.75, 3.05) is 6.54 Å². The SMILES string of the molecule is O=C1C=CC(=O)N1CC12CCC(CC1)C2. The molecular formula is C12H15NO2. The number of hydrogen-bond acceptors (Lipinski definition) is 2. The lowest BCUT2D eigenvalue weighted by Crippen LogP contribution is -2.39. The molecule has 2 aliphatic carbocycles. The Morgan fingerprint density at radius 2 is 1.80 bits per heavy atom. The molecule has 3 aliphatic rings. The summed E-state index contributed by atoms with van der Waals surface area (Å²) < 4.78 is 0. The molecule has 1 aliphatic heterocycles. The van der Waals surface area contributed by atoms with Crippen molar-refractivity contribution in [1.82, 2.24) is 4.90 Å². The Morgan fingerprint density at radius 1 is 1.20 bits per heavy atom. The molecule has 0 aromatic carbocycles. The summed E-state index contributed by atoms with van der Waals surface area (Å²) in [5, 5.41) is 0. The van der Waals surface area contributed by atoms with Crippen molar-refractivity contribution in [1.29, 1.82) is 0 Å². The number of carbonyl (C=O) groups excluding carboxylic acids is 2. The molecule has 0 unspecified atom stereocenters. The number of rotatable bonds is 2. The smallest absolute Gasteiger partial charge is 0.253 e. The predicted octanol–water partition coefficient (Wildman–Crippen LogP) is 1.49. The Bertz CT molecular complexity index is 333. The van der Waals surface area contributed by atoms with Gasteiger partial charge in [0.15, 0.2) is 0 Å². The highest BCUT2D eigenvalue weighted by atomic mass is 16.2.